The monoisotopic (exact) mass is 232 g/mol. The second kappa shape index (κ2) is 4.53. The van der Waals surface area contributed by atoms with Crippen molar-refractivity contribution in [2.45, 2.75) is 11.9 Å². The smallest absolute Gasteiger partial charge is 0.105 e. The number of aryl methyl sites for hydroxylation is 1. The van der Waals surface area contributed by atoms with Gasteiger partial charge in [-0.3, -0.25) is 0 Å². The van der Waals surface area contributed by atoms with Gasteiger partial charge in [0.05, 0.1) is 11.7 Å². The van der Waals surface area contributed by atoms with Gasteiger partial charge < -0.3 is 5.21 Å². The van der Waals surface area contributed by atoms with Crippen molar-refractivity contribution in [2.24, 2.45) is 5.16 Å². The van der Waals surface area contributed by atoms with Gasteiger partial charge in [0.2, 0.25) is 0 Å². The van der Waals surface area contributed by atoms with Crippen molar-refractivity contribution in [3.05, 3.63) is 35.4 Å². The van der Waals surface area contributed by atoms with Crippen LogP contribution in [0.1, 0.15) is 11.1 Å². The molecule has 2 rings (SSSR count). The number of aromatic nitrogens is 1. The first-order valence-corrected chi connectivity index (χ1v) is 6.10. The number of pyridine rings is 1. The van der Waals surface area contributed by atoms with Crippen LogP contribution in [0.5, 0.6) is 0 Å². The first-order valence-electron chi connectivity index (χ1n) is 4.87. The van der Waals surface area contributed by atoms with Crippen LogP contribution in [0.4, 0.5) is 0 Å². The first kappa shape index (κ1) is 11.0. The summed E-state index contributed by atoms with van der Waals surface area (Å²) in [6, 6.07) is 8.10. The lowest BCUT2D eigenvalue weighted by molar-refractivity contribution is 0.321. The molecule has 0 saturated carbocycles. The summed E-state index contributed by atoms with van der Waals surface area (Å²) in [6.07, 6.45) is 3.37. The lowest BCUT2D eigenvalue weighted by atomic mass is 10.1. The molecule has 2 aromatic rings. The van der Waals surface area contributed by atoms with Gasteiger partial charge in [-0.05, 0) is 31.4 Å². The Labute approximate surface area is 98.2 Å². The number of rotatable bonds is 2. The molecular weight excluding hydrogens is 220 g/mol. The molecule has 0 unspecified atom stereocenters. The molecule has 0 aliphatic carbocycles. The zero-order valence-corrected chi connectivity index (χ0v) is 9.95. The summed E-state index contributed by atoms with van der Waals surface area (Å²) in [5.74, 6) is 0. The van der Waals surface area contributed by atoms with Crippen LogP contribution in [0.3, 0.4) is 0 Å². The molecule has 0 atom stereocenters. The fraction of sp³-hybridized carbons (Fsp3) is 0.167. The molecule has 0 aliphatic heterocycles. The normalized spacial score (nSPS) is 11.4. The quantitative estimate of drug-likeness (QED) is 0.374. The van der Waals surface area contributed by atoms with Crippen LogP contribution in [0, 0.1) is 6.92 Å². The van der Waals surface area contributed by atoms with Crippen LogP contribution in [0.15, 0.2) is 34.4 Å². The lowest BCUT2D eigenvalue weighted by Crippen LogP contribution is -1.92. The van der Waals surface area contributed by atoms with Gasteiger partial charge in [0.25, 0.3) is 0 Å². The maximum Gasteiger partial charge on any atom is 0.105 e. The zero-order chi connectivity index (χ0) is 11.5. The van der Waals surface area contributed by atoms with Crippen molar-refractivity contribution < 1.29 is 5.21 Å². The Balaban J connectivity index is 2.70. The third kappa shape index (κ3) is 2.02. The summed E-state index contributed by atoms with van der Waals surface area (Å²) in [4.78, 5) is 4.51. The molecule has 0 fully saturated rings. The van der Waals surface area contributed by atoms with Crippen LogP contribution in [0.2, 0.25) is 0 Å². The van der Waals surface area contributed by atoms with Gasteiger partial charge in [0.15, 0.2) is 0 Å². The highest BCUT2D eigenvalue weighted by Gasteiger charge is 2.04. The SMILES string of the molecule is CSc1nc2ccc(C)cc2cc1/C=N/O. The van der Waals surface area contributed by atoms with Crippen molar-refractivity contribution in [3.8, 4) is 0 Å². The molecule has 1 N–H and O–H groups in total. The van der Waals surface area contributed by atoms with Crippen molar-refractivity contribution >= 4 is 28.9 Å². The van der Waals surface area contributed by atoms with E-state index in [9.17, 15) is 0 Å². The molecular formula is C12H12N2OS. The highest BCUT2D eigenvalue weighted by atomic mass is 32.2. The number of nitrogens with zero attached hydrogens (tertiary/aromatic N) is 2. The summed E-state index contributed by atoms with van der Waals surface area (Å²) in [7, 11) is 0. The topological polar surface area (TPSA) is 45.5 Å². The standard InChI is InChI=1S/C12H12N2OS/c1-8-3-4-11-9(5-8)6-10(7-13-15)12(14-11)16-2/h3-7,15H,1-2H3/b13-7+. The Hall–Kier alpha value is -1.55. The molecule has 3 nitrogen and oxygen atoms in total. The average Bonchev–Trinajstić information content (AvgIpc) is 2.28. The second-order valence-electron chi connectivity index (χ2n) is 3.53. The third-order valence-corrected chi connectivity index (χ3v) is 3.07. The molecule has 0 saturated heterocycles. The van der Waals surface area contributed by atoms with Gasteiger partial charge in [0, 0.05) is 10.9 Å². The highest BCUT2D eigenvalue weighted by molar-refractivity contribution is 7.98. The first-order chi connectivity index (χ1) is 7.74. The summed E-state index contributed by atoms with van der Waals surface area (Å²) in [6.45, 7) is 2.04. The van der Waals surface area contributed by atoms with E-state index in [1.165, 1.54) is 11.8 Å². The number of oxime groups is 1. The lowest BCUT2D eigenvalue weighted by Gasteiger charge is -2.05. The molecule has 0 amide bonds. The third-order valence-electron chi connectivity index (χ3n) is 2.35. The summed E-state index contributed by atoms with van der Waals surface area (Å²) in [5.41, 5.74) is 3.00. The predicted octanol–water partition coefficient (Wildman–Crippen LogP) is 3.07. The zero-order valence-electron chi connectivity index (χ0n) is 9.14. The molecule has 1 aromatic heterocycles. The van der Waals surface area contributed by atoms with E-state index >= 15 is 0 Å². The molecule has 0 aliphatic rings. The fourth-order valence-electron chi connectivity index (χ4n) is 1.61. The van der Waals surface area contributed by atoms with Crippen molar-refractivity contribution in [1.82, 2.24) is 4.98 Å². The van der Waals surface area contributed by atoms with Crippen LogP contribution in [-0.2, 0) is 0 Å². The molecule has 0 radical (unpaired) electrons. The molecule has 82 valence electrons. The maximum absolute atomic E-state index is 8.60. The van der Waals surface area contributed by atoms with E-state index in [0.717, 1.165) is 21.5 Å². The van der Waals surface area contributed by atoms with Crippen molar-refractivity contribution in [3.63, 3.8) is 0 Å². The van der Waals surface area contributed by atoms with Crippen LogP contribution in [0.25, 0.3) is 10.9 Å². The number of fused-ring (bicyclic) bond motifs is 1. The summed E-state index contributed by atoms with van der Waals surface area (Å²) >= 11 is 1.54. The van der Waals surface area contributed by atoms with E-state index in [2.05, 4.69) is 16.2 Å². The second-order valence-corrected chi connectivity index (χ2v) is 4.32. The van der Waals surface area contributed by atoms with Gasteiger partial charge >= 0.3 is 0 Å². The highest BCUT2D eigenvalue weighted by Crippen LogP contribution is 2.22. The molecule has 0 bridgehead atoms. The van der Waals surface area contributed by atoms with Gasteiger partial charge in [-0.1, -0.05) is 16.8 Å². The van der Waals surface area contributed by atoms with E-state index in [1.807, 2.05) is 31.4 Å². The average molecular weight is 232 g/mol. The minimum Gasteiger partial charge on any atom is -0.411 e. The van der Waals surface area contributed by atoms with Gasteiger partial charge in [-0.15, -0.1) is 11.8 Å². The Morgan fingerprint density at radius 2 is 2.19 bits per heavy atom. The Kier molecular flexibility index (Phi) is 3.10. The molecule has 16 heavy (non-hydrogen) atoms. The number of thioether (sulfide) groups is 1. The van der Waals surface area contributed by atoms with Gasteiger partial charge in [0.1, 0.15) is 5.03 Å². The van der Waals surface area contributed by atoms with Crippen LogP contribution in [-0.4, -0.2) is 22.7 Å². The van der Waals surface area contributed by atoms with Crippen LogP contribution >= 0.6 is 11.8 Å². The fourth-order valence-corrected chi connectivity index (χ4v) is 2.15. The van der Waals surface area contributed by atoms with Gasteiger partial charge in [-0.25, -0.2) is 4.98 Å². The molecule has 4 heteroatoms. The van der Waals surface area contributed by atoms with Crippen LogP contribution < -0.4 is 0 Å². The van der Waals surface area contributed by atoms with E-state index < -0.39 is 0 Å². The number of hydrogen-bond acceptors (Lipinski definition) is 4. The van der Waals surface area contributed by atoms with E-state index in [4.69, 9.17) is 5.21 Å². The van der Waals surface area contributed by atoms with E-state index in [0.29, 0.717) is 0 Å². The molecule has 0 spiro atoms. The van der Waals surface area contributed by atoms with Crippen molar-refractivity contribution in [1.29, 1.82) is 0 Å². The number of hydrogen-bond donors (Lipinski definition) is 1. The minimum atomic E-state index is 0.841. The van der Waals surface area contributed by atoms with E-state index in [1.54, 1.807) is 11.8 Å². The Bertz CT molecular complexity index is 552. The minimum absolute atomic E-state index is 0.841. The Morgan fingerprint density at radius 3 is 2.88 bits per heavy atom. The summed E-state index contributed by atoms with van der Waals surface area (Å²) in [5, 5.41) is 13.6. The predicted molar refractivity (Wildman–Crippen MR) is 67.6 cm³/mol. The maximum atomic E-state index is 8.60. The number of benzene rings is 1. The molecule has 1 heterocycles. The van der Waals surface area contributed by atoms with Gasteiger partial charge in [-0.2, -0.15) is 0 Å². The largest absolute Gasteiger partial charge is 0.411 e. The summed E-state index contributed by atoms with van der Waals surface area (Å²) < 4.78 is 0. The van der Waals surface area contributed by atoms with Crippen molar-refractivity contribution in [2.75, 3.05) is 6.26 Å². The Morgan fingerprint density at radius 1 is 1.38 bits per heavy atom. The van der Waals surface area contributed by atoms with E-state index in [-0.39, 0.29) is 0 Å². The molecule has 1 aromatic carbocycles.